The van der Waals surface area contributed by atoms with Crippen LogP contribution >= 0.6 is 0 Å². The van der Waals surface area contributed by atoms with Crippen LogP contribution in [0.3, 0.4) is 0 Å². The molecule has 0 saturated carbocycles. The maximum absolute atomic E-state index is 2.29. The van der Waals surface area contributed by atoms with Crippen LogP contribution in [0, 0.1) is 23.7 Å². The molecule has 0 aliphatic carbocycles. The molecule has 0 amide bonds. The molecule has 0 aliphatic heterocycles. The van der Waals surface area contributed by atoms with Gasteiger partial charge in [0.2, 0.25) is 0 Å². The van der Waals surface area contributed by atoms with E-state index < -0.39 is 0 Å². The minimum Gasteiger partial charge on any atom is -1.00 e. The van der Waals surface area contributed by atoms with Crippen LogP contribution in [0.1, 0.15) is 41.5 Å². The zero-order valence-corrected chi connectivity index (χ0v) is 12.9. The summed E-state index contributed by atoms with van der Waals surface area (Å²) in [5, 5.41) is 0. The van der Waals surface area contributed by atoms with Crippen molar-refractivity contribution in [2.24, 2.45) is 17.8 Å². The van der Waals surface area contributed by atoms with Crippen LogP contribution < -0.4 is 24.0 Å². The van der Waals surface area contributed by atoms with E-state index in [9.17, 15) is 0 Å². The van der Waals surface area contributed by atoms with Gasteiger partial charge in [-0.3, -0.25) is 0 Å². The van der Waals surface area contributed by atoms with Crippen molar-refractivity contribution in [1.82, 2.24) is 0 Å². The Labute approximate surface area is 111 Å². The van der Waals surface area contributed by atoms with Crippen molar-refractivity contribution in [3.05, 3.63) is 5.92 Å². The SMILES string of the molecule is CC(C)[C-](C(C)C)C(C)C.[I-].[Mg+2]. The minimum absolute atomic E-state index is 0. The van der Waals surface area contributed by atoms with Gasteiger partial charge >= 0.3 is 23.1 Å². The largest absolute Gasteiger partial charge is 2.00 e. The second-order valence-electron chi connectivity index (χ2n) is 3.96. The van der Waals surface area contributed by atoms with E-state index >= 15 is 0 Å². The Hall–Kier alpha value is 1.50. The Morgan fingerprint density at radius 1 is 0.667 bits per heavy atom. The fourth-order valence-corrected chi connectivity index (χ4v) is 2.00. The first-order valence-electron chi connectivity index (χ1n) is 4.33. The predicted octanol–water partition coefficient (Wildman–Crippen LogP) is 0.152. The molecule has 12 heavy (non-hydrogen) atoms. The van der Waals surface area contributed by atoms with Gasteiger partial charge in [-0.2, -0.15) is 17.8 Å². The molecule has 0 fully saturated rings. The zero-order chi connectivity index (χ0) is 8.31. The van der Waals surface area contributed by atoms with Gasteiger partial charge in [0, 0.05) is 0 Å². The molecule has 0 radical (unpaired) electrons. The van der Waals surface area contributed by atoms with E-state index in [4.69, 9.17) is 0 Å². The molecule has 0 bridgehead atoms. The third kappa shape index (κ3) is 6.95. The molecule has 0 saturated heterocycles. The quantitative estimate of drug-likeness (QED) is 0.395. The van der Waals surface area contributed by atoms with Crippen molar-refractivity contribution in [3.63, 3.8) is 0 Å². The summed E-state index contributed by atoms with van der Waals surface area (Å²) in [4.78, 5) is 0. The van der Waals surface area contributed by atoms with Crippen molar-refractivity contribution >= 4 is 23.1 Å². The van der Waals surface area contributed by atoms with Gasteiger partial charge in [0.25, 0.3) is 0 Å². The van der Waals surface area contributed by atoms with E-state index in [1.165, 1.54) is 0 Å². The summed E-state index contributed by atoms with van der Waals surface area (Å²) < 4.78 is 0. The second kappa shape index (κ2) is 9.07. The van der Waals surface area contributed by atoms with Gasteiger partial charge < -0.3 is 29.9 Å². The molecule has 0 aromatic rings. The standard InChI is InChI=1S/C10H21.HI.Mg/c1-7(2)10(8(3)4)9(5)6;;/h7-9H,1-6H3;1H;/q-1;;+2/p-1. The first kappa shape index (κ1) is 19.1. The van der Waals surface area contributed by atoms with Gasteiger partial charge in [0.15, 0.2) is 0 Å². The minimum atomic E-state index is 0. The van der Waals surface area contributed by atoms with Gasteiger partial charge in [-0.15, -0.1) is 0 Å². The fourth-order valence-electron chi connectivity index (χ4n) is 2.00. The molecule has 0 aromatic heterocycles. The van der Waals surface area contributed by atoms with Gasteiger partial charge in [0.1, 0.15) is 0 Å². The van der Waals surface area contributed by atoms with Gasteiger partial charge in [0.05, 0.1) is 0 Å². The van der Waals surface area contributed by atoms with Crippen LogP contribution in [0.2, 0.25) is 0 Å². The molecule has 2 heteroatoms. The molecule has 0 nitrogen and oxygen atoms in total. The van der Waals surface area contributed by atoms with Crippen LogP contribution in [0.25, 0.3) is 0 Å². The summed E-state index contributed by atoms with van der Waals surface area (Å²) >= 11 is 0. The normalized spacial score (nSPS) is 10.5. The number of rotatable bonds is 3. The Morgan fingerprint density at radius 3 is 0.833 bits per heavy atom. The van der Waals surface area contributed by atoms with Crippen molar-refractivity contribution in [2.45, 2.75) is 41.5 Å². The number of hydrogen-bond acceptors (Lipinski definition) is 0. The predicted molar refractivity (Wildman–Crippen MR) is 53.5 cm³/mol. The summed E-state index contributed by atoms with van der Waals surface area (Å²) in [7, 11) is 0. The Morgan fingerprint density at radius 2 is 0.833 bits per heavy atom. The molecule has 0 spiro atoms. The summed E-state index contributed by atoms with van der Waals surface area (Å²) in [5.41, 5.74) is 0. The molecule has 0 unspecified atom stereocenters. The average Bonchev–Trinajstić information content (AvgIpc) is 1.59. The second-order valence-corrected chi connectivity index (χ2v) is 3.96. The Kier molecular flexibility index (Phi) is 14.5. The molecule has 0 aliphatic rings. The molecule has 0 heterocycles. The van der Waals surface area contributed by atoms with E-state index in [1.54, 1.807) is 5.92 Å². The van der Waals surface area contributed by atoms with Crippen molar-refractivity contribution in [3.8, 4) is 0 Å². The van der Waals surface area contributed by atoms with Gasteiger partial charge in [-0.25, -0.2) is 0 Å². The van der Waals surface area contributed by atoms with E-state index in [2.05, 4.69) is 41.5 Å². The summed E-state index contributed by atoms with van der Waals surface area (Å²) in [5.74, 6) is 3.94. The summed E-state index contributed by atoms with van der Waals surface area (Å²) in [6.07, 6.45) is 0. The average molecular weight is 292 g/mol. The molecular weight excluding hydrogens is 271 g/mol. The molecule has 0 atom stereocenters. The van der Waals surface area contributed by atoms with Crippen LogP contribution in [-0.4, -0.2) is 23.1 Å². The fraction of sp³-hybridized carbons (Fsp3) is 0.900. The molecule has 0 N–H and O–H groups in total. The first-order valence-corrected chi connectivity index (χ1v) is 4.33. The third-order valence-corrected chi connectivity index (χ3v) is 2.00. The van der Waals surface area contributed by atoms with Crippen molar-refractivity contribution in [1.29, 1.82) is 0 Å². The monoisotopic (exact) mass is 292 g/mol. The van der Waals surface area contributed by atoms with Crippen LogP contribution in [0.4, 0.5) is 0 Å². The van der Waals surface area contributed by atoms with Crippen molar-refractivity contribution in [2.75, 3.05) is 0 Å². The summed E-state index contributed by atoms with van der Waals surface area (Å²) in [6, 6.07) is 0. The number of halogens is 1. The van der Waals surface area contributed by atoms with E-state index in [0.717, 1.165) is 17.8 Å². The van der Waals surface area contributed by atoms with Crippen LogP contribution in [0.15, 0.2) is 0 Å². The van der Waals surface area contributed by atoms with E-state index in [1.807, 2.05) is 0 Å². The molecule has 70 valence electrons. The molecule has 0 rings (SSSR count). The maximum atomic E-state index is 2.29. The van der Waals surface area contributed by atoms with Crippen LogP contribution in [0.5, 0.6) is 0 Å². The Balaban J connectivity index is -0.000000405. The number of hydrogen-bond donors (Lipinski definition) is 0. The first-order chi connectivity index (χ1) is 4.46. The van der Waals surface area contributed by atoms with E-state index in [0.29, 0.717) is 0 Å². The Bertz CT molecular complexity index is 70.8. The third-order valence-electron chi connectivity index (χ3n) is 2.00. The smallest absolute Gasteiger partial charge is 1.00 e. The summed E-state index contributed by atoms with van der Waals surface area (Å²) in [6.45, 7) is 13.7. The van der Waals surface area contributed by atoms with Gasteiger partial charge in [-0.1, -0.05) is 41.5 Å². The topological polar surface area (TPSA) is 0 Å². The zero-order valence-electron chi connectivity index (χ0n) is 9.32. The van der Waals surface area contributed by atoms with E-state index in [-0.39, 0.29) is 47.0 Å². The maximum Gasteiger partial charge on any atom is 2.00 e. The van der Waals surface area contributed by atoms with Crippen LogP contribution in [-0.2, 0) is 0 Å². The van der Waals surface area contributed by atoms with Gasteiger partial charge in [-0.05, 0) is 0 Å². The molecular formula is C10H21IMg. The van der Waals surface area contributed by atoms with Crippen molar-refractivity contribution < 1.29 is 24.0 Å². The molecule has 0 aromatic carbocycles.